The van der Waals surface area contributed by atoms with E-state index in [1.165, 1.54) is 71.3 Å². The number of carbonyl (C=O) groups is 1. The summed E-state index contributed by atoms with van der Waals surface area (Å²) in [5, 5.41) is 10.1. The number of ether oxygens (including phenoxy) is 2. The monoisotopic (exact) mass is 596 g/mol. The van der Waals surface area contributed by atoms with E-state index in [2.05, 4.69) is 11.7 Å². The highest BCUT2D eigenvalue weighted by Crippen LogP contribution is 2.47. The van der Waals surface area contributed by atoms with Gasteiger partial charge in [0.2, 0.25) is 0 Å². The van der Waals surface area contributed by atoms with E-state index < -0.39 is 20.0 Å². The topological polar surface area (TPSA) is 112 Å². The summed E-state index contributed by atoms with van der Waals surface area (Å²) in [4.78, 5) is 21.8. The Kier molecular flexibility index (Phi) is 23.6. The van der Waals surface area contributed by atoms with E-state index in [-0.39, 0.29) is 25.1 Å². The number of unbranched alkanes of at least 4 members (excludes halogenated alkanes) is 12. The maximum Gasteiger partial charge on any atom is 0.472 e. The molecule has 240 valence electrons. The molecule has 0 heterocycles. The second-order valence-corrected chi connectivity index (χ2v) is 13.6. The molecule has 0 bridgehead atoms. The third-order valence-electron chi connectivity index (χ3n) is 7.23. The molecule has 3 unspecified atom stereocenters. The zero-order valence-corrected chi connectivity index (χ0v) is 27.5. The van der Waals surface area contributed by atoms with Gasteiger partial charge in [0.05, 0.1) is 34.9 Å². The number of rotatable bonds is 28. The lowest BCUT2D eigenvalue weighted by Gasteiger charge is -2.32. The van der Waals surface area contributed by atoms with Crippen LogP contribution < -0.4 is 0 Å². The number of methoxy groups -OCH3 is 1. The van der Waals surface area contributed by atoms with Crippen LogP contribution in [0.5, 0.6) is 0 Å². The number of phosphoric acid groups is 1. The third-order valence-corrected chi connectivity index (χ3v) is 8.25. The summed E-state index contributed by atoms with van der Waals surface area (Å²) in [7, 11) is 2.93. The molecule has 0 aromatic carbocycles. The lowest BCUT2D eigenvalue weighted by Crippen LogP contribution is -2.40. The minimum atomic E-state index is -4.35. The number of hydrogen-bond donors (Lipinski definition) is 2. The summed E-state index contributed by atoms with van der Waals surface area (Å²) >= 11 is 0. The standard InChI is InChI=1S/C30H62NO8P/c1-7-8-9-10-11-12-13-14-15-16-17-18-21-27(2)30(39-40(34,35)38-25-23-31(3,4)5)28(26-32)37-24-20-19-22-29(33)36-6/h27-28,30,32H,7-26H2,1-6H3/p+1/t27?,28-,30?/m0/s1. The number of aliphatic hydroxyl groups excluding tert-OH is 1. The van der Waals surface area contributed by atoms with Gasteiger partial charge < -0.3 is 24.0 Å². The Morgan fingerprint density at radius 3 is 1.90 bits per heavy atom. The highest BCUT2D eigenvalue weighted by Gasteiger charge is 2.36. The lowest BCUT2D eigenvalue weighted by atomic mass is 9.93. The van der Waals surface area contributed by atoms with Crippen molar-refractivity contribution in [2.75, 3.05) is 54.6 Å². The molecule has 0 aliphatic rings. The first-order valence-corrected chi connectivity index (χ1v) is 17.2. The quantitative estimate of drug-likeness (QED) is 0.0447. The van der Waals surface area contributed by atoms with Crippen LogP contribution in [-0.2, 0) is 27.9 Å². The predicted octanol–water partition coefficient (Wildman–Crippen LogP) is 6.64. The number of quaternary nitrogens is 1. The lowest BCUT2D eigenvalue weighted by molar-refractivity contribution is -0.870. The molecule has 0 spiro atoms. The minimum Gasteiger partial charge on any atom is -0.469 e. The summed E-state index contributed by atoms with van der Waals surface area (Å²) in [5.41, 5.74) is 0. The average molecular weight is 597 g/mol. The Balaban J connectivity index is 4.73. The first-order valence-electron chi connectivity index (χ1n) is 15.7. The summed E-state index contributed by atoms with van der Waals surface area (Å²) in [6, 6.07) is 0. The Morgan fingerprint density at radius 2 is 1.40 bits per heavy atom. The fourth-order valence-corrected chi connectivity index (χ4v) is 5.61. The van der Waals surface area contributed by atoms with Gasteiger partial charge in [0, 0.05) is 13.0 Å². The summed E-state index contributed by atoms with van der Waals surface area (Å²) in [5.74, 6) is -0.388. The van der Waals surface area contributed by atoms with Gasteiger partial charge in [0.25, 0.3) is 0 Å². The summed E-state index contributed by atoms with van der Waals surface area (Å²) in [6.07, 6.45) is 15.9. The molecule has 0 aliphatic carbocycles. The van der Waals surface area contributed by atoms with E-state index in [4.69, 9.17) is 13.8 Å². The Morgan fingerprint density at radius 1 is 0.850 bits per heavy atom. The van der Waals surface area contributed by atoms with Crippen molar-refractivity contribution in [2.45, 2.75) is 129 Å². The number of phosphoric ester groups is 1. The number of likely N-dealkylation sites (N-methyl/N-ethyl adjacent to an activating group) is 1. The van der Waals surface area contributed by atoms with Crippen molar-refractivity contribution in [1.29, 1.82) is 0 Å². The zero-order valence-electron chi connectivity index (χ0n) is 26.6. The fourth-order valence-electron chi connectivity index (χ4n) is 4.58. The van der Waals surface area contributed by atoms with Gasteiger partial charge in [-0.15, -0.1) is 0 Å². The highest BCUT2D eigenvalue weighted by atomic mass is 31.2. The Labute approximate surface area is 245 Å². The van der Waals surface area contributed by atoms with Crippen LogP contribution in [0.4, 0.5) is 0 Å². The average Bonchev–Trinajstić information content (AvgIpc) is 2.89. The molecular weight excluding hydrogens is 533 g/mol. The number of hydrogen-bond acceptors (Lipinski definition) is 7. The van der Waals surface area contributed by atoms with Gasteiger partial charge in [0.15, 0.2) is 0 Å². The molecule has 9 nitrogen and oxygen atoms in total. The van der Waals surface area contributed by atoms with E-state index >= 15 is 0 Å². The molecule has 2 N–H and O–H groups in total. The molecule has 0 saturated carbocycles. The van der Waals surface area contributed by atoms with Crippen LogP contribution in [0, 0.1) is 5.92 Å². The fraction of sp³-hybridized carbons (Fsp3) is 0.967. The van der Waals surface area contributed by atoms with Crippen molar-refractivity contribution in [3.05, 3.63) is 0 Å². The van der Waals surface area contributed by atoms with Crippen LogP contribution in [-0.4, -0.2) is 87.3 Å². The van der Waals surface area contributed by atoms with E-state index in [1.807, 2.05) is 28.1 Å². The first kappa shape index (κ1) is 39.5. The molecule has 10 heteroatoms. The summed E-state index contributed by atoms with van der Waals surface area (Å²) in [6.45, 7) is 4.80. The van der Waals surface area contributed by atoms with Crippen molar-refractivity contribution in [1.82, 2.24) is 0 Å². The van der Waals surface area contributed by atoms with Gasteiger partial charge in [-0.1, -0.05) is 90.9 Å². The normalized spacial score (nSPS) is 15.9. The van der Waals surface area contributed by atoms with Crippen LogP contribution in [0.15, 0.2) is 0 Å². The Bertz CT molecular complexity index is 658. The van der Waals surface area contributed by atoms with E-state index in [1.54, 1.807) is 0 Å². The molecule has 0 aromatic heterocycles. The second kappa shape index (κ2) is 24.0. The van der Waals surface area contributed by atoms with Gasteiger partial charge >= 0.3 is 13.8 Å². The number of nitrogens with zero attached hydrogens (tertiary/aromatic N) is 1. The first-order chi connectivity index (χ1) is 19.0. The van der Waals surface area contributed by atoms with Crippen molar-refractivity contribution < 1.29 is 42.4 Å². The SMILES string of the molecule is CCCCCCCCCCCCCCC(C)C(OP(=O)(O)OCC[N+](C)(C)C)[C@H](CO)OCCCCC(=O)OC. The Hall–Kier alpha value is -0.540. The third kappa shape index (κ3) is 23.1. The maximum absolute atomic E-state index is 12.8. The van der Waals surface area contributed by atoms with Gasteiger partial charge in [-0.2, -0.15) is 0 Å². The van der Waals surface area contributed by atoms with Crippen LogP contribution in [0.1, 0.15) is 117 Å². The van der Waals surface area contributed by atoms with Gasteiger partial charge in [-0.3, -0.25) is 13.8 Å². The number of esters is 1. The van der Waals surface area contributed by atoms with Gasteiger partial charge in [-0.05, 0) is 25.2 Å². The van der Waals surface area contributed by atoms with Crippen molar-refractivity contribution in [3.63, 3.8) is 0 Å². The molecule has 0 fully saturated rings. The predicted molar refractivity (Wildman–Crippen MR) is 161 cm³/mol. The van der Waals surface area contributed by atoms with Crippen LogP contribution in [0.25, 0.3) is 0 Å². The molecule has 0 saturated heterocycles. The van der Waals surface area contributed by atoms with Crippen LogP contribution >= 0.6 is 7.82 Å². The van der Waals surface area contributed by atoms with E-state index in [0.717, 1.165) is 19.3 Å². The van der Waals surface area contributed by atoms with Crippen molar-refractivity contribution >= 4 is 13.8 Å². The van der Waals surface area contributed by atoms with Crippen LogP contribution in [0.3, 0.4) is 0 Å². The highest BCUT2D eigenvalue weighted by molar-refractivity contribution is 7.47. The van der Waals surface area contributed by atoms with Crippen molar-refractivity contribution in [3.8, 4) is 0 Å². The van der Waals surface area contributed by atoms with Crippen molar-refractivity contribution in [2.24, 2.45) is 5.92 Å². The number of aliphatic hydroxyl groups is 1. The molecule has 0 aromatic rings. The summed E-state index contributed by atoms with van der Waals surface area (Å²) < 4.78 is 34.9. The molecule has 0 amide bonds. The smallest absolute Gasteiger partial charge is 0.469 e. The zero-order chi connectivity index (χ0) is 30.3. The molecule has 40 heavy (non-hydrogen) atoms. The van der Waals surface area contributed by atoms with Gasteiger partial charge in [-0.25, -0.2) is 4.57 Å². The molecular formula is C30H63NO8P+. The van der Waals surface area contributed by atoms with E-state index in [0.29, 0.717) is 36.9 Å². The molecule has 0 rings (SSSR count). The molecule has 0 aliphatic heterocycles. The van der Waals surface area contributed by atoms with E-state index in [9.17, 15) is 19.4 Å². The maximum atomic E-state index is 12.8. The minimum absolute atomic E-state index is 0.0787. The number of carbonyl (C=O) groups excluding carboxylic acids is 1. The second-order valence-electron chi connectivity index (χ2n) is 12.2. The molecule has 0 radical (unpaired) electrons. The van der Waals surface area contributed by atoms with Crippen LogP contribution in [0.2, 0.25) is 0 Å². The largest absolute Gasteiger partial charge is 0.472 e. The van der Waals surface area contributed by atoms with Gasteiger partial charge in [0.1, 0.15) is 25.4 Å². The molecule has 4 atom stereocenters.